The van der Waals surface area contributed by atoms with Crippen molar-refractivity contribution in [2.24, 2.45) is 0 Å². The third-order valence-electron chi connectivity index (χ3n) is 5.75. The summed E-state index contributed by atoms with van der Waals surface area (Å²) in [5.74, 6) is 0. The fourth-order valence-corrected chi connectivity index (χ4v) is 4.42. The number of rotatable bonds is 3. The molecule has 3 saturated heterocycles. The molecule has 4 atom stereocenters. The Morgan fingerprint density at radius 3 is 2.76 bits per heavy atom. The van der Waals surface area contributed by atoms with Crippen molar-refractivity contribution in [3.8, 4) is 0 Å². The van der Waals surface area contributed by atoms with E-state index in [9.17, 15) is 4.79 Å². The van der Waals surface area contributed by atoms with Crippen molar-refractivity contribution in [2.75, 3.05) is 13.2 Å². The van der Waals surface area contributed by atoms with Gasteiger partial charge in [-0.05, 0) is 31.0 Å². The third kappa shape index (κ3) is 2.62. The van der Waals surface area contributed by atoms with Gasteiger partial charge in [-0.2, -0.15) is 0 Å². The molecule has 0 aromatic carbocycles. The Morgan fingerprint density at radius 2 is 2.10 bits per heavy atom. The van der Waals surface area contributed by atoms with Crippen LogP contribution in [0.2, 0.25) is 18.1 Å². The monoisotopic (exact) mass is 312 g/mol. The molecule has 0 spiro atoms. The summed E-state index contributed by atoms with van der Waals surface area (Å²) >= 11 is 0. The van der Waals surface area contributed by atoms with E-state index in [4.69, 9.17) is 9.16 Å². The Morgan fingerprint density at radius 1 is 1.38 bits per heavy atom. The van der Waals surface area contributed by atoms with Crippen LogP contribution in [0.5, 0.6) is 0 Å². The molecule has 0 aromatic rings. The largest absolute Gasteiger partial charge is 0.441 e. The molecule has 3 aliphatic rings. The van der Waals surface area contributed by atoms with Crippen LogP contribution >= 0.6 is 0 Å². The van der Waals surface area contributed by atoms with E-state index in [1.807, 2.05) is 4.90 Å². The van der Waals surface area contributed by atoms with Gasteiger partial charge in [-0.3, -0.25) is 4.90 Å². The van der Waals surface area contributed by atoms with Gasteiger partial charge in [0.15, 0.2) is 8.32 Å². The molecule has 3 heterocycles. The molecule has 3 fully saturated rings. The molecule has 5 nitrogen and oxygen atoms in total. The SMILES string of the molecule is CC(C)(C)[Si](C)(C)OCC1OC(=O)N2CC3CCC(N3)C12. The maximum absolute atomic E-state index is 12.1. The zero-order chi connectivity index (χ0) is 15.4. The Balaban J connectivity index is 1.68. The Hall–Kier alpha value is -0.593. The number of hydrogen-bond donors (Lipinski definition) is 1. The molecule has 6 heteroatoms. The highest BCUT2D eigenvalue weighted by Crippen LogP contribution is 2.38. The fraction of sp³-hybridized carbons (Fsp3) is 0.933. The summed E-state index contributed by atoms with van der Waals surface area (Å²) < 4.78 is 11.9. The van der Waals surface area contributed by atoms with Crippen LogP contribution in [-0.2, 0) is 9.16 Å². The second kappa shape index (κ2) is 4.96. The summed E-state index contributed by atoms with van der Waals surface area (Å²) in [4.78, 5) is 14.0. The van der Waals surface area contributed by atoms with Gasteiger partial charge in [-0.25, -0.2) is 4.79 Å². The van der Waals surface area contributed by atoms with Gasteiger partial charge in [0.25, 0.3) is 0 Å². The maximum Gasteiger partial charge on any atom is 0.410 e. The van der Waals surface area contributed by atoms with Crippen molar-refractivity contribution in [3.63, 3.8) is 0 Å². The molecule has 0 radical (unpaired) electrons. The third-order valence-corrected chi connectivity index (χ3v) is 10.2. The first-order chi connectivity index (χ1) is 9.69. The van der Waals surface area contributed by atoms with Gasteiger partial charge in [0.1, 0.15) is 6.10 Å². The van der Waals surface area contributed by atoms with Crippen molar-refractivity contribution in [2.45, 2.75) is 76.0 Å². The van der Waals surface area contributed by atoms with E-state index >= 15 is 0 Å². The normalized spacial score (nSPS) is 35.9. The molecule has 0 saturated carbocycles. The highest BCUT2D eigenvalue weighted by Gasteiger charge is 2.52. The lowest BCUT2D eigenvalue weighted by Crippen LogP contribution is -2.59. The number of hydrogen-bond acceptors (Lipinski definition) is 4. The zero-order valence-electron chi connectivity index (χ0n) is 13.8. The highest BCUT2D eigenvalue weighted by molar-refractivity contribution is 6.74. The molecule has 21 heavy (non-hydrogen) atoms. The lowest BCUT2D eigenvalue weighted by molar-refractivity contribution is 0.0774. The van der Waals surface area contributed by atoms with Gasteiger partial charge in [-0.1, -0.05) is 20.8 Å². The summed E-state index contributed by atoms with van der Waals surface area (Å²) in [7, 11) is -1.80. The van der Waals surface area contributed by atoms with Crippen LogP contribution in [0, 0.1) is 0 Å². The smallest absolute Gasteiger partial charge is 0.410 e. The molecule has 2 bridgehead atoms. The Labute approximate surface area is 128 Å². The quantitative estimate of drug-likeness (QED) is 0.813. The van der Waals surface area contributed by atoms with Crippen molar-refractivity contribution in [1.82, 2.24) is 10.2 Å². The van der Waals surface area contributed by atoms with E-state index in [1.165, 1.54) is 6.42 Å². The molecule has 4 unspecified atom stereocenters. The van der Waals surface area contributed by atoms with Crippen LogP contribution in [0.15, 0.2) is 0 Å². The van der Waals surface area contributed by atoms with Crippen molar-refractivity contribution >= 4 is 14.4 Å². The van der Waals surface area contributed by atoms with Crippen LogP contribution < -0.4 is 5.32 Å². The Kier molecular flexibility index (Phi) is 3.62. The van der Waals surface area contributed by atoms with Gasteiger partial charge in [0.05, 0.1) is 12.6 Å². The summed E-state index contributed by atoms with van der Waals surface area (Å²) in [6.45, 7) is 12.5. The lowest BCUT2D eigenvalue weighted by Gasteiger charge is -2.39. The number of fused-ring (bicyclic) bond motifs is 4. The van der Waals surface area contributed by atoms with Crippen molar-refractivity contribution < 1.29 is 14.0 Å². The van der Waals surface area contributed by atoms with Crippen LogP contribution in [0.25, 0.3) is 0 Å². The summed E-state index contributed by atoms with van der Waals surface area (Å²) in [5, 5.41) is 3.80. The predicted molar refractivity (Wildman–Crippen MR) is 83.9 cm³/mol. The summed E-state index contributed by atoms with van der Waals surface area (Å²) in [6.07, 6.45) is 2.03. The molecule has 0 aliphatic carbocycles. The van der Waals surface area contributed by atoms with Gasteiger partial charge in [0.2, 0.25) is 0 Å². The number of nitrogens with one attached hydrogen (secondary N) is 1. The summed E-state index contributed by atoms with van der Waals surface area (Å²) in [6, 6.07) is 0.989. The molecular formula is C15H28N2O3Si. The van der Waals surface area contributed by atoms with Gasteiger partial charge >= 0.3 is 6.09 Å². The van der Waals surface area contributed by atoms with Crippen molar-refractivity contribution in [3.05, 3.63) is 0 Å². The number of ether oxygens (including phenoxy) is 1. The predicted octanol–water partition coefficient (Wildman–Crippen LogP) is 2.33. The summed E-state index contributed by atoms with van der Waals surface area (Å²) in [5.41, 5.74) is 0. The maximum atomic E-state index is 12.1. The fourth-order valence-electron chi connectivity index (χ4n) is 3.40. The molecule has 1 N–H and O–H groups in total. The number of nitrogens with zero attached hydrogens (tertiary/aromatic N) is 1. The average molecular weight is 312 g/mol. The average Bonchev–Trinajstić information content (AvgIpc) is 2.89. The molecular weight excluding hydrogens is 284 g/mol. The first kappa shape index (κ1) is 15.3. The number of amides is 1. The number of piperazine rings is 1. The van der Waals surface area contributed by atoms with E-state index in [0.29, 0.717) is 18.7 Å². The van der Waals surface area contributed by atoms with Crippen LogP contribution in [-0.4, -0.2) is 56.7 Å². The van der Waals surface area contributed by atoms with E-state index < -0.39 is 8.32 Å². The van der Waals surface area contributed by atoms with E-state index in [2.05, 4.69) is 39.2 Å². The Bertz CT molecular complexity index is 435. The minimum absolute atomic E-state index is 0.122. The highest BCUT2D eigenvalue weighted by atomic mass is 28.4. The zero-order valence-corrected chi connectivity index (χ0v) is 14.8. The van der Waals surface area contributed by atoms with E-state index in [1.54, 1.807) is 0 Å². The number of carbonyl (C=O) groups is 1. The first-order valence-corrected chi connectivity index (χ1v) is 11.0. The number of carbonyl (C=O) groups excluding carboxylic acids is 1. The second-order valence-corrected chi connectivity index (χ2v) is 13.0. The van der Waals surface area contributed by atoms with Crippen LogP contribution in [0.3, 0.4) is 0 Å². The van der Waals surface area contributed by atoms with E-state index in [0.717, 1.165) is 13.0 Å². The molecule has 3 rings (SSSR count). The standard InChI is InChI=1S/C15H28N2O3Si/c1-15(2,3)21(4,5)19-9-12-13-11-7-6-10(16-11)8-17(13)14(18)20-12/h10-13,16H,6-9H2,1-5H3. The molecule has 120 valence electrons. The number of cyclic esters (lactones) is 1. The molecule has 1 amide bonds. The lowest BCUT2D eigenvalue weighted by atomic mass is 10.0. The van der Waals surface area contributed by atoms with Gasteiger partial charge in [0, 0.05) is 18.6 Å². The van der Waals surface area contributed by atoms with Crippen molar-refractivity contribution in [1.29, 1.82) is 0 Å². The molecule has 3 aliphatic heterocycles. The van der Waals surface area contributed by atoms with E-state index in [-0.39, 0.29) is 23.3 Å². The van der Waals surface area contributed by atoms with Crippen LogP contribution in [0.4, 0.5) is 4.79 Å². The minimum Gasteiger partial charge on any atom is -0.441 e. The second-order valence-electron chi connectivity index (χ2n) is 8.18. The topological polar surface area (TPSA) is 50.8 Å². The van der Waals surface area contributed by atoms with Gasteiger partial charge < -0.3 is 14.5 Å². The minimum atomic E-state index is -1.80. The molecule has 0 aromatic heterocycles. The van der Waals surface area contributed by atoms with Crippen LogP contribution in [0.1, 0.15) is 33.6 Å². The first-order valence-electron chi connectivity index (χ1n) is 8.06. The van der Waals surface area contributed by atoms with Gasteiger partial charge in [-0.15, -0.1) is 0 Å².